The quantitative estimate of drug-likeness (QED) is 0.571. The summed E-state index contributed by atoms with van der Waals surface area (Å²) in [6.07, 6.45) is -4.74. The van der Waals surface area contributed by atoms with Crippen LogP contribution >= 0.6 is 22.6 Å². The molecule has 0 aromatic heterocycles. The van der Waals surface area contributed by atoms with Crippen LogP contribution in [0.15, 0.2) is 18.2 Å². The van der Waals surface area contributed by atoms with Gasteiger partial charge in [-0.2, -0.15) is 0 Å². The fourth-order valence-electron chi connectivity index (χ4n) is 0.674. The van der Waals surface area contributed by atoms with E-state index >= 15 is 0 Å². The van der Waals surface area contributed by atoms with Crippen molar-refractivity contribution in [3.8, 4) is 5.75 Å². The number of ether oxygens (including phenoxy) is 1. The summed E-state index contributed by atoms with van der Waals surface area (Å²) >= 11 is 1.58. The summed E-state index contributed by atoms with van der Waals surface area (Å²) < 4.78 is 51.2. The summed E-state index contributed by atoms with van der Waals surface area (Å²) in [7, 11) is 0. The van der Waals surface area contributed by atoms with Crippen LogP contribution in [0.4, 0.5) is 17.6 Å². The van der Waals surface area contributed by atoms with E-state index in [9.17, 15) is 17.6 Å². The molecule has 1 aromatic rings. The van der Waals surface area contributed by atoms with Crippen LogP contribution in [0.2, 0.25) is 0 Å². The largest absolute Gasteiger partial charge is 0.573 e. The van der Waals surface area contributed by atoms with Crippen molar-refractivity contribution in [2.24, 2.45) is 0 Å². The van der Waals surface area contributed by atoms with Gasteiger partial charge in [0.2, 0.25) is 0 Å². The normalized spacial score (nSPS) is 11.5. The lowest BCUT2D eigenvalue weighted by atomic mass is 10.3. The van der Waals surface area contributed by atoms with E-state index in [0.717, 1.165) is 18.2 Å². The topological polar surface area (TPSA) is 9.23 Å². The van der Waals surface area contributed by atoms with Gasteiger partial charge in [-0.25, -0.2) is 4.39 Å². The first kappa shape index (κ1) is 10.6. The molecule has 0 heterocycles. The highest BCUT2D eigenvalue weighted by Gasteiger charge is 2.31. The number of alkyl halides is 3. The maximum Gasteiger partial charge on any atom is 0.573 e. The molecule has 0 spiro atoms. The molecule has 13 heavy (non-hydrogen) atoms. The molecule has 0 atom stereocenters. The van der Waals surface area contributed by atoms with Crippen LogP contribution in [0.1, 0.15) is 0 Å². The molecule has 6 heteroatoms. The van der Waals surface area contributed by atoms with Gasteiger partial charge in [-0.15, -0.1) is 13.2 Å². The van der Waals surface area contributed by atoms with Crippen molar-refractivity contribution in [3.05, 3.63) is 27.6 Å². The molecule has 0 aliphatic carbocycles. The Hall–Kier alpha value is -0.530. The van der Waals surface area contributed by atoms with E-state index in [2.05, 4.69) is 4.74 Å². The van der Waals surface area contributed by atoms with E-state index in [4.69, 9.17) is 0 Å². The maximum atomic E-state index is 12.6. The van der Waals surface area contributed by atoms with Crippen LogP contribution in [0, 0.1) is 9.39 Å². The predicted molar refractivity (Wildman–Crippen MR) is 45.8 cm³/mol. The third-order valence-corrected chi connectivity index (χ3v) is 1.95. The van der Waals surface area contributed by atoms with E-state index in [1.165, 1.54) is 0 Å². The summed E-state index contributed by atoms with van der Waals surface area (Å²) in [5, 5.41) is 0. The zero-order valence-corrected chi connectivity index (χ0v) is 8.19. The molecule has 1 aromatic carbocycles. The van der Waals surface area contributed by atoms with Crippen molar-refractivity contribution >= 4 is 22.6 Å². The summed E-state index contributed by atoms with van der Waals surface area (Å²) in [5.41, 5.74) is 0. The smallest absolute Gasteiger partial charge is 0.406 e. The van der Waals surface area contributed by atoms with Crippen molar-refractivity contribution in [1.29, 1.82) is 0 Å². The maximum absolute atomic E-state index is 12.6. The highest BCUT2D eigenvalue weighted by Crippen LogP contribution is 2.25. The van der Waals surface area contributed by atoms with Gasteiger partial charge in [0.25, 0.3) is 0 Å². The summed E-state index contributed by atoms with van der Waals surface area (Å²) in [5.74, 6) is -0.992. The Labute approximate surface area is 84.8 Å². The second-order valence-electron chi connectivity index (χ2n) is 2.12. The summed E-state index contributed by atoms with van der Waals surface area (Å²) in [6, 6.07) is 2.82. The van der Waals surface area contributed by atoms with Crippen molar-refractivity contribution in [3.63, 3.8) is 0 Å². The first-order chi connectivity index (χ1) is 5.88. The summed E-state index contributed by atoms with van der Waals surface area (Å²) in [6.45, 7) is 0. The predicted octanol–water partition coefficient (Wildman–Crippen LogP) is 3.33. The van der Waals surface area contributed by atoms with Gasteiger partial charge in [0.15, 0.2) is 0 Å². The van der Waals surface area contributed by atoms with Gasteiger partial charge >= 0.3 is 6.36 Å². The van der Waals surface area contributed by atoms with Gasteiger partial charge in [-0.3, -0.25) is 0 Å². The Kier molecular flexibility index (Phi) is 2.99. The van der Waals surface area contributed by atoms with Crippen molar-refractivity contribution in [1.82, 2.24) is 0 Å². The van der Waals surface area contributed by atoms with Gasteiger partial charge in [0.1, 0.15) is 11.6 Å². The Bertz CT molecular complexity index is 310. The van der Waals surface area contributed by atoms with E-state index in [1.807, 2.05) is 0 Å². The van der Waals surface area contributed by atoms with Crippen molar-refractivity contribution < 1.29 is 22.3 Å². The number of hydrogen-bond donors (Lipinski definition) is 0. The van der Waals surface area contributed by atoms with Gasteiger partial charge < -0.3 is 4.74 Å². The fourth-order valence-corrected chi connectivity index (χ4v) is 1.16. The van der Waals surface area contributed by atoms with E-state index in [0.29, 0.717) is 0 Å². The molecule has 0 aliphatic heterocycles. The average Bonchev–Trinajstić information content (AvgIpc) is 1.94. The number of halogens is 5. The van der Waals surface area contributed by atoms with Gasteiger partial charge in [-0.05, 0) is 40.8 Å². The van der Waals surface area contributed by atoms with Gasteiger partial charge in [-0.1, -0.05) is 0 Å². The SMILES string of the molecule is Fc1ccc(OC(F)(F)F)cc1I. The molecule has 0 aliphatic rings. The van der Waals surface area contributed by atoms with E-state index in [1.54, 1.807) is 22.6 Å². The molecule has 0 saturated heterocycles. The highest BCUT2D eigenvalue weighted by molar-refractivity contribution is 14.1. The molecule has 72 valence electrons. The summed E-state index contributed by atoms with van der Waals surface area (Å²) in [4.78, 5) is 0. The number of rotatable bonds is 1. The van der Waals surface area contributed by atoms with E-state index < -0.39 is 17.9 Å². The zero-order valence-electron chi connectivity index (χ0n) is 6.03. The molecule has 0 fully saturated rings. The Balaban J connectivity index is 2.86. The molecule has 0 saturated carbocycles. The van der Waals surface area contributed by atoms with Crippen LogP contribution in [0.25, 0.3) is 0 Å². The molecule has 0 unspecified atom stereocenters. The molecule has 1 rings (SSSR count). The fraction of sp³-hybridized carbons (Fsp3) is 0.143. The first-order valence-corrected chi connectivity index (χ1v) is 4.17. The molecular formula is C7H3F4IO. The number of hydrogen-bond acceptors (Lipinski definition) is 1. The second-order valence-corrected chi connectivity index (χ2v) is 3.29. The van der Waals surface area contributed by atoms with Gasteiger partial charge in [0.05, 0.1) is 3.57 Å². The Morgan fingerprint density at radius 1 is 1.23 bits per heavy atom. The minimum Gasteiger partial charge on any atom is -0.406 e. The third-order valence-electron chi connectivity index (χ3n) is 1.12. The lowest BCUT2D eigenvalue weighted by molar-refractivity contribution is -0.274. The van der Waals surface area contributed by atoms with Crippen molar-refractivity contribution in [2.75, 3.05) is 0 Å². The molecule has 0 N–H and O–H groups in total. The lowest BCUT2D eigenvalue weighted by Gasteiger charge is -2.08. The van der Waals surface area contributed by atoms with Crippen LogP contribution in [-0.2, 0) is 0 Å². The van der Waals surface area contributed by atoms with Crippen LogP contribution in [0.5, 0.6) is 5.75 Å². The minimum atomic E-state index is -4.74. The minimum absolute atomic E-state index is 0.0827. The molecule has 0 amide bonds. The molecule has 0 bridgehead atoms. The molecule has 0 radical (unpaired) electrons. The highest BCUT2D eigenvalue weighted by atomic mass is 127. The molecular weight excluding hydrogens is 303 g/mol. The van der Waals surface area contributed by atoms with Crippen LogP contribution in [-0.4, -0.2) is 6.36 Å². The van der Waals surface area contributed by atoms with Crippen LogP contribution < -0.4 is 4.74 Å². The Morgan fingerprint density at radius 2 is 1.85 bits per heavy atom. The zero-order chi connectivity index (χ0) is 10.1. The number of benzene rings is 1. The lowest BCUT2D eigenvalue weighted by Crippen LogP contribution is -2.17. The first-order valence-electron chi connectivity index (χ1n) is 3.09. The monoisotopic (exact) mass is 306 g/mol. The van der Waals surface area contributed by atoms with E-state index in [-0.39, 0.29) is 3.57 Å². The van der Waals surface area contributed by atoms with Crippen LogP contribution in [0.3, 0.4) is 0 Å². The van der Waals surface area contributed by atoms with Gasteiger partial charge in [0, 0.05) is 0 Å². The average molecular weight is 306 g/mol. The molecule has 1 nitrogen and oxygen atoms in total. The van der Waals surface area contributed by atoms with Crippen molar-refractivity contribution in [2.45, 2.75) is 6.36 Å². The Morgan fingerprint density at radius 3 is 2.31 bits per heavy atom. The third kappa shape index (κ3) is 3.37. The standard InChI is InChI=1S/C7H3F4IO/c8-5-2-1-4(3-6(5)12)13-7(9,10)11/h1-3H. The second kappa shape index (κ2) is 3.69.